The molecule has 0 spiro atoms. The summed E-state index contributed by atoms with van der Waals surface area (Å²) in [6.07, 6.45) is 0. The van der Waals surface area contributed by atoms with Crippen LogP contribution in [0.1, 0.15) is 32.3 Å². The van der Waals surface area contributed by atoms with Gasteiger partial charge in [-0.1, -0.05) is 42.5 Å². The van der Waals surface area contributed by atoms with Gasteiger partial charge < -0.3 is 20.5 Å². The lowest BCUT2D eigenvalue weighted by Gasteiger charge is -2.26. The van der Waals surface area contributed by atoms with Crippen molar-refractivity contribution in [3.8, 4) is 11.1 Å². The van der Waals surface area contributed by atoms with E-state index in [1.54, 1.807) is 19.1 Å². The van der Waals surface area contributed by atoms with Crippen molar-refractivity contribution < 1.29 is 28.8 Å². The summed E-state index contributed by atoms with van der Waals surface area (Å²) in [4.78, 5) is 28.7. The number of carbonyl (C=O) groups is 2. The predicted molar refractivity (Wildman–Crippen MR) is 111 cm³/mol. The first-order valence-electron chi connectivity index (χ1n) is 9.70. The van der Waals surface area contributed by atoms with E-state index in [0.717, 1.165) is 5.56 Å². The number of rotatable bonds is 10. The highest BCUT2D eigenvalue weighted by atomic mass is 19.1. The topological polar surface area (TPSA) is 111 Å². The summed E-state index contributed by atoms with van der Waals surface area (Å²) in [7, 11) is 0. The van der Waals surface area contributed by atoms with Crippen molar-refractivity contribution in [1.29, 1.82) is 0 Å². The molecule has 1 amide bonds. The monoisotopic (exact) mass is 433 g/mol. The largest absolute Gasteiger partial charge is 0.738 e. The molecule has 0 heterocycles. The Kier molecular flexibility index (Phi) is 8.64. The molecular weight excluding hydrogens is 407 g/mol. The molecule has 0 aliphatic heterocycles. The Balaban J connectivity index is 1.85. The molecule has 2 aromatic rings. The van der Waals surface area contributed by atoms with Gasteiger partial charge in [0, 0.05) is 5.56 Å². The molecule has 8 nitrogen and oxygen atoms in total. The molecular formula is C22H26FN2O6-. The van der Waals surface area contributed by atoms with Crippen LogP contribution in [0.2, 0.25) is 0 Å². The minimum Gasteiger partial charge on any atom is -0.738 e. The van der Waals surface area contributed by atoms with Crippen LogP contribution in [-0.4, -0.2) is 42.2 Å². The number of amides is 1. The first-order chi connectivity index (χ1) is 14.6. The fourth-order valence-electron chi connectivity index (χ4n) is 2.75. The molecule has 168 valence electrons. The highest BCUT2D eigenvalue weighted by molar-refractivity contribution is 5.83. The van der Waals surface area contributed by atoms with E-state index < -0.39 is 28.5 Å². The van der Waals surface area contributed by atoms with Crippen LogP contribution in [0, 0.1) is 16.4 Å². The Bertz CT molecular complexity index is 889. The number of nitrogens with zero attached hydrogens (tertiary/aromatic N) is 1. The number of esters is 1. The van der Waals surface area contributed by atoms with Crippen molar-refractivity contribution >= 4 is 11.9 Å². The molecule has 0 radical (unpaired) electrons. The van der Waals surface area contributed by atoms with Gasteiger partial charge in [0.25, 0.3) is 0 Å². The first-order valence-corrected chi connectivity index (χ1v) is 9.70. The first kappa shape index (κ1) is 24.4. The molecule has 2 rings (SSSR count). The van der Waals surface area contributed by atoms with E-state index >= 15 is 0 Å². The summed E-state index contributed by atoms with van der Waals surface area (Å²) in [5.74, 6) is -2.02. The number of ether oxygens (including phenoxy) is 1. The lowest BCUT2D eigenvalue weighted by molar-refractivity contribution is -0.314. The molecule has 0 aromatic heterocycles. The van der Waals surface area contributed by atoms with Gasteiger partial charge in [-0.2, -0.15) is 0 Å². The molecule has 0 saturated carbocycles. The second-order valence-corrected chi connectivity index (χ2v) is 7.65. The molecule has 0 bridgehead atoms. The molecule has 2 aromatic carbocycles. The minimum atomic E-state index is -1.17. The van der Waals surface area contributed by atoms with Crippen molar-refractivity contribution in [3.05, 3.63) is 65.1 Å². The van der Waals surface area contributed by atoms with Crippen molar-refractivity contribution in [2.45, 2.75) is 26.7 Å². The van der Waals surface area contributed by atoms with E-state index in [1.165, 1.54) is 19.9 Å². The molecule has 1 unspecified atom stereocenters. The number of benzene rings is 2. The molecule has 0 saturated heterocycles. The Hall–Kier alpha value is -2.85. The Morgan fingerprint density at radius 1 is 1.23 bits per heavy atom. The van der Waals surface area contributed by atoms with E-state index in [-0.39, 0.29) is 25.7 Å². The van der Waals surface area contributed by atoms with Crippen molar-refractivity contribution in [1.82, 2.24) is 10.7 Å². The SMILES string of the molecule is CC(C(=O)NCCOC(=O)C(C)(C)CON([O-])O)c1ccc(-c2ccccc2)c(F)c1. The van der Waals surface area contributed by atoms with Gasteiger partial charge in [-0.15, -0.1) is 5.39 Å². The molecule has 0 aliphatic rings. The Labute approximate surface area is 180 Å². The van der Waals surface area contributed by atoms with Crippen LogP contribution in [0.4, 0.5) is 4.39 Å². The van der Waals surface area contributed by atoms with Gasteiger partial charge in [-0.3, -0.25) is 14.4 Å². The molecule has 31 heavy (non-hydrogen) atoms. The third kappa shape index (κ3) is 7.11. The third-order valence-corrected chi connectivity index (χ3v) is 4.69. The maximum atomic E-state index is 14.5. The van der Waals surface area contributed by atoms with Gasteiger partial charge >= 0.3 is 5.97 Å². The minimum absolute atomic E-state index is 0.0596. The summed E-state index contributed by atoms with van der Waals surface area (Å²) in [5, 5.41) is 20.7. The normalized spacial score (nSPS) is 12.5. The van der Waals surface area contributed by atoms with E-state index in [0.29, 0.717) is 11.1 Å². The van der Waals surface area contributed by atoms with E-state index in [1.807, 2.05) is 30.3 Å². The second-order valence-electron chi connectivity index (χ2n) is 7.65. The van der Waals surface area contributed by atoms with Gasteiger partial charge in [-0.25, -0.2) is 4.39 Å². The van der Waals surface area contributed by atoms with Gasteiger partial charge in [-0.05, 0) is 38.0 Å². The smallest absolute Gasteiger partial charge is 0.314 e. The summed E-state index contributed by atoms with van der Waals surface area (Å²) < 4.78 is 19.6. The lowest BCUT2D eigenvalue weighted by Crippen LogP contribution is -2.36. The van der Waals surface area contributed by atoms with Gasteiger partial charge in [0.05, 0.1) is 24.5 Å². The lowest BCUT2D eigenvalue weighted by atomic mass is 9.95. The molecule has 9 heteroatoms. The number of hydrogen-bond donors (Lipinski definition) is 2. The highest BCUT2D eigenvalue weighted by Gasteiger charge is 2.30. The highest BCUT2D eigenvalue weighted by Crippen LogP contribution is 2.26. The summed E-state index contributed by atoms with van der Waals surface area (Å²) in [5.41, 5.74) is 0.564. The average molecular weight is 433 g/mol. The molecule has 0 fully saturated rings. The molecule has 0 aliphatic carbocycles. The van der Waals surface area contributed by atoms with Crippen LogP contribution in [0.5, 0.6) is 0 Å². The van der Waals surface area contributed by atoms with Gasteiger partial charge in [0.2, 0.25) is 5.91 Å². The zero-order chi connectivity index (χ0) is 23.0. The number of carbonyl (C=O) groups excluding carboxylic acids is 2. The van der Waals surface area contributed by atoms with E-state index in [2.05, 4.69) is 10.2 Å². The molecule has 2 N–H and O–H groups in total. The number of hydrogen-bond acceptors (Lipinski definition) is 7. The summed E-state index contributed by atoms with van der Waals surface area (Å²) >= 11 is 0. The van der Waals surface area contributed by atoms with Crippen molar-refractivity contribution in [2.75, 3.05) is 19.8 Å². The third-order valence-electron chi connectivity index (χ3n) is 4.69. The van der Waals surface area contributed by atoms with Gasteiger partial charge in [0.15, 0.2) is 0 Å². The van der Waals surface area contributed by atoms with Crippen LogP contribution >= 0.6 is 0 Å². The quantitative estimate of drug-likeness (QED) is 0.336. The fraction of sp³-hybridized carbons (Fsp3) is 0.364. The zero-order valence-corrected chi connectivity index (χ0v) is 17.6. The van der Waals surface area contributed by atoms with Crippen LogP contribution in [0.3, 0.4) is 0 Å². The van der Waals surface area contributed by atoms with Gasteiger partial charge in [0.1, 0.15) is 12.4 Å². The molecule has 1 atom stereocenters. The van der Waals surface area contributed by atoms with Crippen LogP contribution < -0.4 is 5.32 Å². The van der Waals surface area contributed by atoms with Crippen LogP contribution in [0.25, 0.3) is 11.1 Å². The predicted octanol–water partition coefficient (Wildman–Crippen LogP) is 3.40. The van der Waals surface area contributed by atoms with E-state index in [4.69, 9.17) is 9.94 Å². The Morgan fingerprint density at radius 2 is 1.90 bits per heavy atom. The number of halogens is 1. The second kappa shape index (κ2) is 11.0. The Morgan fingerprint density at radius 3 is 2.52 bits per heavy atom. The fourth-order valence-corrected chi connectivity index (χ4v) is 2.75. The van der Waals surface area contributed by atoms with Crippen molar-refractivity contribution in [3.63, 3.8) is 0 Å². The van der Waals surface area contributed by atoms with Crippen LogP contribution in [0.15, 0.2) is 48.5 Å². The summed E-state index contributed by atoms with van der Waals surface area (Å²) in [6.45, 7) is 4.20. The summed E-state index contributed by atoms with van der Waals surface area (Å²) in [6, 6.07) is 13.8. The standard InChI is InChI=1S/C22H26FN2O6/c1-15(17-9-10-18(19(23)13-17)16-7-5-4-6-8-16)20(26)24-11-12-30-21(27)22(2,3)14-31-25(28)29/h4-10,13,15,28H,11-12,14H2,1-3H3,(H,24,26)/q-1. The number of nitrogens with one attached hydrogen (secondary N) is 1. The maximum Gasteiger partial charge on any atom is 0.314 e. The zero-order valence-electron chi connectivity index (χ0n) is 17.6. The van der Waals surface area contributed by atoms with Crippen LogP contribution in [-0.2, 0) is 19.2 Å². The van der Waals surface area contributed by atoms with Crippen molar-refractivity contribution in [2.24, 2.45) is 5.41 Å². The van der Waals surface area contributed by atoms with E-state index in [9.17, 15) is 19.2 Å². The maximum absolute atomic E-state index is 14.5. The average Bonchev–Trinajstić information content (AvgIpc) is 2.75.